The molecule has 0 saturated carbocycles. The molecule has 4 nitrogen and oxygen atoms in total. The highest BCUT2D eigenvalue weighted by atomic mass is 15.5. The Hall–Kier alpha value is -0.930. The number of nitrogens with zero attached hydrogens (tertiary/aromatic N) is 3. The standard InChI is InChI=1S/C4H8N4/c1-2-4-5-3-6-8-7-4/h2-3H2,1H3,(H,5,6,7). The van der Waals surface area contributed by atoms with Crippen molar-refractivity contribution in [2.75, 3.05) is 6.67 Å². The highest BCUT2D eigenvalue weighted by Gasteiger charge is 1.94. The number of hydrogen-bond acceptors (Lipinski definition) is 4. The van der Waals surface area contributed by atoms with Crippen LogP contribution in [0, 0.1) is 0 Å². The van der Waals surface area contributed by atoms with E-state index in [1.54, 1.807) is 0 Å². The maximum absolute atomic E-state index is 3.99. The lowest BCUT2D eigenvalue weighted by molar-refractivity contribution is 0.768. The number of nitrogens with one attached hydrogen (secondary N) is 1. The van der Waals surface area contributed by atoms with Crippen molar-refractivity contribution in [3.05, 3.63) is 0 Å². The zero-order chi connectivity index (χ0) is 5.82. The molecule has 1 aliphatic heterocycles. The Bertz CT molecular complexity index is 126. The van der Waals surface area contributed by atoms with Gasteiger partial charge in [0.15, 0.2) is 6.67 Å². The van der Waals surface area contributed by atoms with E-state index in [4.69, 9.17) is 0 Å². The van der Waals surface area contributed by atoms with Crippen LogP contribution in [-0.4, -0.2) is 12.5 Å². The van der Waals surface area contributed by atoms with E-state index in [0.717, 1.165) is 12.3 Å². The summed E-state index contributed by atoms with van der Waals surface area (Å²) in [6, 6.07) is 0. The Morgan fingerprint density at radius 1 is 1.75 bits per heavy atom. The van der Waals surface area contributed by atoms with E-state index in [2.05, 4.69) is 20.8 Å². The van der Waals surface area contributed by atoms with Gasteiger partial charge in [-0.25, -0.2) is 10.4 Å². The van der Waals surface area contributed by atoms with Crippen LogP contribution in [0.3, 0.4) is 0 Å². The quantitative estimate of drug-likeness (QED) is 0.534. The van der Waals surface area contributed by atoms with Crippen molar-refractivity contribution in [3.63, 3.8) is 0 Å². The zero-order valence-electron chi connectivity index (χ0n) is 4.76. The normalized spacial score (nSPS) is 17.4. The summed E-state index contributed by atoms with van der Waals surface area (Å²) in [4.78, 5) is 3.99. The fourth-order valence-corrected chi connectivity index (χ4v) is 0.468. The van der Waals surface area contributed by atoms with Gasteiger partial charge in [-0.3, -0.25) is 0 Å². The smallest absolute Gasteiger partial charge is 0.154 e. The molecule has 0 saturated heterocycles. The Kier molecular flexibility index (Phi) is 1.56. The Morgan fingerprint density at radius 2 is 2.62 bits per heavy atom. The monoisotopic (exact) mass is 112 g/mol. The molecule has 1 rings (SSSR count). The molecule has 0 unspecified atom stereocenters. The summed E-state index contributed by atoms with van der Waals surface area (Å²) in [6.07, 6.45) is 0.902. The molecule has 4 heteroatoms. The van der Waals surface area contributed by atoms with Gasteiger partial charge >= 0.3 is 0 Å². The van der Waals surface area contributed by atoms with Gasteiger partial charge in [-0.15, -0.1) is 5.11 Å². The highest BCUT2D eigenvalue weighted by Crippen LogP contribution is 1.88. The van der Waals surface area contributed by atoms with Crippen molar-refractivity contribution < 1.29 is 0 Å². The topological polar surface area (TPSA) is 49.1 Å². The summed E-state index contributed by atoms with van der Waals surface area (Å²) in [5.41, 5.74) is 2.68. The molecule has 0 atom stereocenters. The van der Waals surface area contributed by atoms with E-state index in [0.29, 0.717) is 6.67 Å². The molecule has 0 aromatic carbocycles. The SMILES string of the molecule is CCC1=NCN=NN1. The van der Waals surface area contributed by atoms with Crippen molar-refractivity contribution in [2.24, 2.45) is 15.3 Å². The maximum atomic E-state index is 3.99. The maximum Gasteiger partial charge on any atom is 0.154 e. The number of hydrogen-bond donors (Lipinski definition) is 1. The van der Waals surface area contributed by atoms with Crippen LogP contribution in [0.4, 0.5) is 0 Å². The lowest BCUT2D eigenvalue weighted by Gasteiger charge is -2.02. The minimum atomic E-state index is 0.482. The summed E-state index contributed by atoms with van der Waals surface area (Å²) < 4.78 is 0. The summed E-state index contributed by atoms with van der Waals surface area (Å²) in [5.74, 6) is 0.917. The van der Waals surface area contributed by atoms with Gasteiger partial charge in [0.2, 0.25) is 0 Å². The molecule has 1 heterocycles. The van der Waals surface area contributed by atoms with Crippen molar-refractivity contribution in [2.45, 2.75) is 13.3 Å². The zero-order valence-corrected chi connectivity index (χ0v) is 4.76. The summed E-state index contributed by atoms with van der Waals surface area (Å²) in [5, 5.41) is 7.18. The van der Waals surface area contributed by atoms with E-state index >= 15 is 0 Å². The molecular weight excluding hydrogens is 104 g/mol. The molecule has 0 radical (unpaired) electrons. The van der Waals surface area contributed by atoms with Crippen molar-refractivity contribution >= 4 is 5.84 Å². The molecule has 0 aromatic heterocycles. The largest absolute Gasteiger partial charge is 0.247 e. The third-order valence-corrected chi connectivity index (χ3v) is 0.909. The van der Waals surface area contributed by atoms with E-state index in [1.807, 2.05) is 6.92 Å². The lowest BCUT2D eigenvalue weighted by atomic mass is 10.4. The predicted molar refractivity (Wildman–Crippen MR) is 30.6 cm³/mol. The summed E-state index contributed by atoms with van der Waals surface area (Å²) in [7, 11) is 0. The van der Waals surface area contributed by atoms with E-state index in [-0.39, 0.29) is 0 Å². The van der Waals surface area contributed by atoms with Gasteiger partial charge in [-0.1, -0.05) is 12.1 Å². The molecule has 1 aliphatic rings. The fraction of sp³-hybridized carbons (Fsp3) is 0.750. The van der Waals surface area contributed by atoms with Gasteiger partial charge in [0.1, 0.15) is 5.84 Å². The van der Waals surface area contributed by atoms with Crippen LogP contribution in [0.25, 0.3) is 0 Å². The fourth-order valence-electron chi connectivity index (χ4n) is 0.468. The summed E-state index contributed by atoms with van der Waals surface area (Å²) in [6.45, 7) is 2.50. The van der Waals surface area contributed by atoms with Gasteiger partial charge in [0.05, 0.1) is 0 Å². The van der Waals surface area contributed by atoms with Gasteiger partial charge in [0.25, 0.3) is 0 Å². The van der Waals surface area contributed by atoms with Crippen LogP contribution in [0.15, 0.2) is 15.3 Å². The average molecular weight is 112 g/mol. The van der Waals surface area contributed by atoms with Crippen LogP contribution in [-0.2, 0) is 0 Å². The molecule has 8 heavy (non-hydrogen) atoms. The van der Waals surface area contributed by atoms with E-state index in [9.17, 15) is 0 Å². The third-order valence-electron chi connectivity index (χ3n) is 0.909. The molecule has 0 amide bonds. The predicted octanol–water partition coefficient (Wildman–Crippen LogP) is 0.723. The van der Waals surface area contributed by atoms with Crippen LogP contribution in [0.2, 0.25) is 0 Å². The summed E-state index contributed by atoms with van der Waals surface area (Å²) >= 11 is 0. The van der Waals surface area contributed by atoms with E-state index in [1.165, 1.54) is 0 Å². The second-order valence-electron chi connectivity index (χ2n) is 1.45. The Labute approximate surface area is 47.7 Å². The van der Waals surface area contributed by atoms with Crippen LogP contribution < -0.4 is 5.43 Å². The molecule has 0 spiro atoms. The van der Waals surface area contributed by atoms with Crippen LogP contribution >= 0.6 is 0 Å². The molecule has 1 N–H and O–H groups in total. The lowest BCUT2D eigenvalue weighted by Crippen LogP contribution is -2.18. The minimum Gasteiger partial charge on any atom is -0.247 e. The first-order valence-electron chi connectivity index (χ1n) is 2.59. The molecule has 0 aromatic rings. The Morgan fingerprint density at radius 3 is 3.00 bits per heavy atom. The highest BCUT2D eigenvalue weighted by molar-refractivity contribution is 5.81. The van der Waals surface area contributed by atoms with Gasteiger partial charge in [-0.2, -0.15) is 0 Å². The van der Waals surface area contributed by atoms with Crippen LogP contribution in [0.5, 0.6) is 0 Å². The molecule has 0 fully saturated rings. The number of aliphatic imine (C=N–C) groups is 1. The van der Waals surface area contributed by atoms with Crippen molar-refractivity contribution in [1.29, 1.82) is 0 Å². The minimum absolute atomic E-state index is 0.482. The van der Waals surface area contributed by atoms with Crippen molar-refractivity contribution in [1.82, 2.24) is 5.43 Å². The van der Waals surface area contributed by atoms with Crippen molar-refractivity contribution in [3.8, 4) is 0 Å². The Balaban J connectivity index is 2.43. The van der Waals surface area contributed by atoms with Gasteiger partial charge in [-0.05, 0) is 0 Å². The first-order valence-corrected chi connectivity index (χ1v) is 2.59. The first kappa shape index (κ1) is 5.21. The number of rotatable bonds is 1. The van der Waals surface area contributed by atoms with Gasteiger partial charge < -0.3 is 0 Å². The second kappa shape index (κ2) is 2.40. The third kappa shape index (κ3) is 1.02. The van der Waals surface area contributed by atoms with E-state index < -0.39 is 0 Å². The molecule has 0 bridgehead atoms. The second-order valence-corrected chi connectivity index (χ2v) is 1.45. The molecule has 44 valence electrons. The molecular formula is C4H8N4. The number of amidine groups is 1. The average Bonchev–Trinajstić information content (AvgIpc) is 1.90. The first-order chi connectivity index (χ1) is 3.93. The van der Waals surface area contributed by atoms with Crippen LogP contribution in [0.1, 0.15) is 13.3 Å². The van der Waals surface area contributed by atoms with Gasteiger partial charge in [0, 0.05) is 6.42 Å². The molecule has 0 aliphatic carbocycles.